The number of hydrogen-bond donors (Lipinski definition) is 1. The molecule has 1 unspecified atom stereocenters. The third kappa shape index (κ3) is 3.08. The Labute approximate surface area is 88.3 Å². The first-order chi connectivity index (χ1) is 6.15. The predicted octanol–water partition coefficient (Wildman–Crippen LogP) is 2.96. The molecule has 0 spiro atoms. The molecule has 2 nitrogen and oxygen atoms in total. The van der Waals surface area contributed by atoms with E-state index in [4.69, 9.17) is 27.7 Å². The molecule has 0 heterocycles. The molecule has 0 aromatic heterocycles. The minimum Gasteiger partial charge on any atom is -0.346 e. The van der Waals surface area contributed by atoms with E-state index in [1.165, 1.54) is 0 Å². The highest BCUT2D eigenvalue weighted by Gasteiger charge is 2.12. The topological polar surface area (TPSA) is 29.5 Å². The summed E-state index contributed by atoms with van der Waals surface area (Å²) < 4.78 is 5.04. The highest BCUT2D eigenvalue weighted by molar-refractivity contribution is 7.55. The van der Waals surface area contributed by atoms with Crippen LogP contribution in [0.3, 0.4) is 0 Å². The second-order valence-corrected chi connectivity index (χ2v) is 4.42. The molecule has 1 N–H and O–H groups in total. The molecular weight excluding hydrogens is 230 g/mol. The Morgan fingerprint density at radius 2 is 2.15 bits per heavy atom. The molecule has 13 heavy (non-hydrogen) atoms. The fourth-order valence-electron chi connectivity index (χ4n) is 0.828. The van der Waals surface area contributed by atoms with Gasteiger partial charge in [0.2, 0.25) is 8.38 Å². The predicted molar refractivity (Wildman–Crippen MR) is 56.9 cm³/mol. The lowest BCUT2D eigenvalue weighted by molar-refractivity contribution is 0.337. The lowest BCUT2D eigenvalue weighted by Gasteiger charge is -2.10. The normalized spacial score (nSPS) is 12.9. The van der Waals surface area contributed by atoms with Crippen molar-refractivity contribution in [2.45, 2.75) is 6.92 Å². The molecule has 0 aliphatic carbocycles. The first kappa shape index (κ1) is 11.2. The summed E-state index contributed by atoms with van der Waals surface area (Å²) in [4.78, 5) is 9.51. The van der Waals surface area contributed by atoms with Crippen molar-refractivity contribution in [2.75, 3.05) is 6.61 Å². The van der Waals surface area contributed by atoms with Gasteiger partial charge in [-0.25, -0.2) is 0 Å². The highest BCUT2D eigenvalue weighted by Crippen LogP contribution is 2.34. The van der Waals surface area contributed by atoms with Crippen LogP contribution in [-0.2, 0) is 4.52 Å². The Hall–Kier alpha value is 0.150. The van der Waals surface area contributed by atoms with Crippen LogP contribution in [0.1, 0.15) is 6.92 Å². The van der Waals surface area contributed by atoms with E-state index in [1.54, 1.807) is 18.2 Å². The molecule has 0 fully saturated rings. The first-order valence-electron chi connectivity index (χ1n) is 3.72. The minimum atomic E-state index is -1.60. The summed E-state index contributed by atoms with van der Waals surface area (Å²) in [6, 6.07) is 4.93. The fraction of sp³-hybridized carbons (Fsp3) is 0.250. The van der Waals surface area contributed by atoms with Crippen LogP contribution in [0.5, 0.6) is 0 Å². The molecule has 1 rings (SSSR count). The highest BCUT2D eigenvalue weighted by atomic mass is 35.5. The van der Waals surface area contributed by atoms with E-state index < -0.39 is 8.38 Å². The molecular formula is C8H9Cl2O2P. The summed E-state index contributed by atoms with van der Waals surface area (Å²) in [6.45, 7) is 2.27. The summed E-state index contributed by atoms with van der Waals surface area (Å²) in [5.41, 5.74) is 0. The number of rotatable bonds is 3. The smallest absolute Gasteiger partial charge is 0.203 e. The van der Waals surface area contributed by atoms with Crippen molar-refractivity contribution >= 4 is 36.9 Å². The van der Waals surface area contributed by atoms with Crippen LogP contribution in [0.25, 0.3) is 0 Å². The van der Waals surface area contributed by atoms with Crippen LogP contribution >= 0.6 is 31.6 Å². The quantitative estimate of drug-likeness (QED) is 0.821. The molecule has 0 aliphatic heterocycles. The van der Waals surface area contributed by atoms with Gasteiger partial charge < -0.3 is 9.42 Å². The zero-order chi connectivity index (χ0) is 9.84. The standard InChI is InChI=1S/C8H9Cl2O2P/c1-2-12-13(11)8-4-3-6(9)5-7(8)10/h3-5,11H,2H2,1H3. The van der Waals surface area contributed by atoms with E-state index in [0.717, 1.165) is 0 Å². The van der Waals surface area contributed by atoms with Gasteiger partial charge in [-0.3, -0.25) is 0 Å². The van der Waals surface area contributed by atoms with Crippen molar-refractivity contribution in [3.8, 4) is 0 Å². The van der Waals surface area contributed by atoms with E-state index in [1.807, 2.05) is 6.92 Å². The van der Waals surface area contributed by atoms with Crippen molar-refractivity contribution in [1.82, 2.24) is 0 Å². The summed E-state index contributed by atoms with van der Waals surface area (Å²) in [7, 11) is -1.60. The van der Waals surface area contributed by atoms with Crippen LogP contribution in [0.4, 0.5) is 0 Å². The second kappa shape index (κ2) is 5.14. The van der Waals surface area contributed by atoms with Gasteiger partial charge in [0.05, 0.1) is 11.6 Å². The zero-order valence-electron chi connectivity index (χ0n) is 7.00. The Morgan fingerprint density at radius 3 is 2.69 bits per heavy atom. The van der Waals surface area contributed by atoms with Crippen LogP contribution in [-0.4, -0.2) is 11.5 Å². The molecule has 0 bridgehead atoms. The van der Waals surface area contributed by atoms with Crippen molar-refractivity contribution in [2.24, 2.45) is 0 Å². The Kier molecular flexibility index (Phi) is 4.43. The molecule has 1 aromatic carbocycles. The summed E-state index contributed by atoms with van der Waals surface area (Å²) in [6.07, 6.45) is 0. The molecule has 0 saturated carbocycles. The molecule has 1 atom stereocenters. The summed E-state index contributed by atoms with van der Waals surface area (Å²) >= 11 is 11.6. The van der Waals surface area contributed by atoms with Gasteiger partial charge in [0, 0.05) is 10.3 Å². The van der Waals surface area contributed by atoms with Crippen LogP contribution in [0.15, 0.2) is 18.2 Å². The van der Waals surface area contributed by atoms with Gasteiger partial charge in [-0.05, 0) is 25.1 Å². The molecule has 0 amide bonds. The van der Waals surface area contributed by atoms with Crippen molar-refractivity contribution in [3.63, 3.8) is 0 Å². The molecule has 0 radical (unpaired) electrons. The van der Waals surface area contributed by atoms with Crippen LogP contribution in [0.2, 0.25) is 10.0 Å². The molecule has 0 saturated heterocycles. The van der Waals surface area contributed by atoms with E-state index in [2.05, 4.69) is 0 Å². The minimum absolute atomic E-state index is 0.439. The van der Waals surface area contributed by atoms with Crippen LogP contribution in [0, 0.1) is 0 Å². The van der Waals surface area contributed by atoms with Gasteiger partial charge in [-0.1, -0.05) is 23.2 Å². The Bertz CT molecular complexity index is 293. The molecule has 5 heteroatoms. The molecule has 0 aliphatic rings. The van der Waals surface area contributed by atoms with Gasteiger partial charge in [0.25, 0.3) is 0 Å². The van der Waals surface area contributed by atoms with Gasteiger partial charge >= 0.3 is 0 Å². The zero-order valence-corrected chi connectivity index (χ0v) is 9.40. The van der Waals surface area contributed by atoms with Crippen molar-refractivity contribution in [3.05, 3.63) is 28.2 Å². The third-order valence-electron chi connectivity index (χ3n) is 1.37. The summed E-state index contributed by atoms with van der Waals surface area (Å²) in [5.74, 6) is 0. The lowest BCUT2D eigenvalue weighted by atomic mass is 10.4. The number of halogens is 2. The van der Waals surface area contributed by atoms with Gasteiger partial charge in [-0.15, -0.1) is 0 Å². The average molecular weight is 239 g/mol. The van der Waals surface area contributed by atoms with Gasteiger partial charge in [0.1, 0.15) is 0 Å². The monoisotopic (exact) mass is 238 g/mol. The van der Waals surface area contributed by atoms with E-state index >= 15 is 0 Å². The number of benzene rings is 1. The fourth-order valence-corrected chi connectivity index (χ4v) is 2.29. The van der Waals surface area contributed by atoms with Crippen molar-refractivity contribution in [1.29, 1.82) is 0 Å². The van der Waals surface area contributed by atoms with Crippen molar-refractivity contribution < 1.29 is 9.42 Å². The van der Waals surface area contributed by atoms with E-state index in [-0.39, 0.29) is 0 Å². The maximum atomic E-state index is 9.51. The lowest BCUT2D eigenvalue weighted by Crippen LogP contribution is -2.04. The summed E-state index contributed by atoms with van der Waals surface area (Å²) in [5, 5.41) is 1.59. The molecule has 1 aromatic rings. The van der Waals surface area contributed by atoms with Gasteiger partial charge in [-0.2, -0.15) is 0 Å². The van der Waals surface area contributed by atoms with Crippen LogP contribution < -0.4 is 5.30 Å². The maximum Gasteiger partial charge on any atom is 0.203 e. The molecule has 72 valence electrons. The Morgan fingerprint density at radius 1 is 1.46 bits per heavy atom. The number of hydrogen-bond acceptors (Lipinski definition) is 2. The maximum absolute atomic E-state index is 9.51. The van der Waals surface area contributed by atoms with E-state index in [9.17, 15) is 4.89 Å². The first-order valence-corrected chi connectivity index (χ1v) is 5.69. The largest absolute Gasteiger partial charge is 0.346 e. The average Bonchev–Trinajstić information content (AvgIpc) is 2.04. The Balaban J connectivity index is 2.88. The van der Waals surface area contributed by atoms with E-state index in [0.29, 0.717) is 22.0 Å². The van der Waals surface area contributed by atoms with Gasteiger partial charge in [0.15, 0.2) is 0 Å². The SMILES string of the molecule is CCOP(O)c1ccc(Cl)cc1Cl. The second-order valence-electron chi connectivity index (χ2n) is 2.29. The third-order valence-corrected chi connectivity index (χ3v) is 3.35.